The molecule has 15 heavy (non-hydrogen) atoms. The summed E-state index contributed by atoms with van der Waals surface area (Å²) in [5.74, 6) is 0. The molecule has 0 bridgehead atoms. The van der Waals surface area contributed by atoms with Gasteiger partial charge in [-0.05, 0) is 0 Å². The van der Waals surface area contributed by atoms with E-state index in [-0.39, 0.29) is 771 Å². The van der Waals surface area contributed by atoms with Crippen LogP contribution in [0.2, 0.25) is 0 Å². The van der Waals surface area contributed by atoms with E-state index in [9.17, 15) is 0 Å². The molecule has 0 aliphatic carbocycles. The molecule has 0 aliphatic heterocycles. The van der Waals surface area contributed by atoms with Crippen LogP contribution >= 0.6 is 0 Å². The van der Waals surface area contributed by atoms with Gasteiger partial charge in [0.05, 0.1) is 0 Å². The van der Waals surface area contributed by atoms with Crippen LogP contribution in [0, 0.1) is 0 Å². The van der Waals surface area contributed by atoms with Crippen molar-refractivity contribution in [3.63, 3.8) is 0 Å². The maximum atomic E-state index is 0. The van der Waals surface area contributed by atoms with Crippen molar-refractivity contribution >= 4 is 771 Å². The zero-order valence-electron chi connectivity index (χ0n) is 0. The number of rotatable bonds is 0. The molecule has 0 spiro atoms. The van der Waals surface area contributed by atoms with E-state index in [0.717, 1.165) is 0 Å². The summed E-state index contributed by atoms with van der Waals surface area (Å²) >= 11 is 0. The molecular formula is H15K15. The fraction of sp³-hybridized carbons (Fsp3) is 0. The zero-order chi connectivity index (χ0) is 0. The minimum atomic E-state index is 0. The standard InChI is InChI=1S/15K.15H. The van der Waals surface area contributed by atoms with Crippen molar-refractivity contribution in [3.05, 3.63) is 0 Å². The van der Waals surface area contributed by atoms with E-state index in [4.69, 9.17) is 0 Å². The average molecular weight is 602 g/mol. The fourth-order valence-electron chi connectivity index (χ4n) is 0. The van der Waals surface area contributed by atoms with E-state index in [1.54, 1.807) is 0 Å². The van der Waals surface area contributed by atoms with Gasteiger partial charge in [-0.2, -0.15) is 0 Å². The first kappa shape index (κ1) is 97.5. The number of hydrogen-bond acceptors (Lipinski definition) is 0. The summed E-state index contributed by atoms with van der Waals surface area (Å²) in [6.45, 7) is 0. The average Bonchev–Trinajstić information content (AvgIpc) is 0. The van der Waals surface area contributed by atoms with Gasteiger partial charge < -0.3 is 0 Å². The van der Waals surface area contributed by atoms with Gasteiger partial charge in [-0.15, -0.1) is 0 Å². The van der Waals surface area contributed by atoms with Crippen LogP contribution in [0.5, 0.6) is 0 Å². The van der Waals surface area contributed by atoms with Crippen LogP contribution in [-0.4, -0.2) is 771 Å². The molecule has 0 nitrogen and oxygen atoms in total. The summed E-state index contributed by atoms with van der Waals surface area (Å²) in [7, 11) is 0. The van der Waals surface area contributed by atoms with Crippen LogP contribution in [0.3, 0.4) is 0 Å². The van der Waals surface area contributed by atoms with Gasteiger partial charge in [0.1, 0.15) is 0 Å². The van der Waals surface area contributed by atoms with Gasteiger partial charge in [-0.1, -0.05) is 0 Å². The molecule has 0 radical (unpaired) electrons. The quantitative estimate of drug-likeness (QED) is 0.242. The molecule has 0 aromatic heterocycles. The molecule has 0 heterocycles. The van der Waals surface area contributed by atoms with E-state index >= 15 is 0 Å². The normalized spacial score (nSPS) is 0. The maximum absolute atomic E-state index is 0. The molecule has 0 fully saturated rings. The van der Waals surface area contributed by atoms with Crippen LogP contribution in [0.4, 0.5) is 0 Å². The molecule has 0 amide bonds. The Morgan fingerprint density at radius 3 is 0.0667 bits per heavy atom. The van der Waals surface area contributed by atoms with Crippen molar-refractivity contribution in [3.8, 4) is 0 Å². The Hall–Kier alpha value is 24.5. The fourth-order valence-corrected chi connectivity index (χ4v) is 0. The molecular weight excluding hydrogens is 586 g/mol. The molecule has 0 aliphatic rings. The molecule has 0 rings (SSSR count). The Balaban J connectivity index is 0. The molecule has 30 valence electrons. The van der Waals surface area contributed by atoms with Gasteiger partial charge in [0, 0.05) is 0 Å². The topological polar surface area (TPSA) is 0 Å². The summed E-state index contributed by atoms with van der Waals surface area (Å²) in [4.78, 5) is 0. The Kier molecular flexibility index (Phi) is 586. The third-order valence-electron chi connectivity index (χ3n) is 0. The Morgan fingerprint density at radius 2 is 0.0667 bits per heavy atom. The van der Waals surface area contributed by atoms with Gasteiger partial charge in [-0.3, -0.25) is 0 Å². The Labute approximate surface area is 735 Å². The third kappa shape index (κ3) is 85.4. The first-order valence-electron chi connectivity index (χ1n) is 0. The van der Waals surface area contributed by atoms with Crippen molar-refractivity contribution in [2.75, 3.05) is 0 Å². The first-order chi connectivity index (χ1) is 0. The molecule has 0 atom stereocenters. The second-order valence-corrected chi connectivity index (χ2v) is 0. The van der Waals surface area contributed by atoms with E-state index in [1.807, 2.05) is 0 Å². The van der Waals surface area contributed by atoms with Gasteiger partial charge in [0.2, 0.25) is 0 Å². The first-order valence-corrected chi connectivity index (χ1v) is 0. The van der Waals surface area contributed by atoms with Crippen molar-refractivity contribution in [1.29, 1.82) is 0 Å². The predicted molar refractivity (Wildman–Crippen MR) is 107 cm³/mol. The van der Waals surface area contributed by atoms with Crippen LogP contribution < -0.4 is 0 Å². The molecule has 0 N–H and O–H groups in total. The summed E-state index contributed by atoms with van der Waals surface area (Å²) in [6.07, 6.45) is 0. The molecule has 0 saturated heterocycles. The predicted octanol–water partition coefficient (Wildman–Crippen LogP) is -9.73. The molecule has 0 aromatic carbocycles. The monoisotopic (exact) mass is 600 g/mol. The van der Waals surface area contributed by atoms with Gasteiger partial charge >= 0.3 is 771 Å². The third-order valence-corrected chi connectivity index (χ3v) is 0. The second kappa shape index (κ2) is 90.2. The van der Waals surface area contributed by atoms with E-state index in [1.165, 1.54) is 0 Å². The molecule has 0 unspecified atom stereocenters. The molecule has 15 heteroatoms. The van der Waals surface area contributed by atoms with E-state index in [0.29, 0.717) is 0 Å². The van der Waals surface area contributed by atoms with Crippen LogP contribution in [0.15, 0.2) is 0 Å². The van der Waals surface area contributed by atoms with Gasteiger partial charge in [0.25, 0.3) is 0 Å². The molecule has 0 aromatic rings. The van der Waals surface area contributed by atoms with Crippen LogP contribution in [-0.2, 0) is 0 Å². The van der Waals surface area contributed by atoms with E-state index < -0.39 is 0 Å². The Bertz CT molecular complexity index is 0. The molecule has 0 saturated carbocycles. The van der Waals surface area contributed by atoms with Gasteiger partial charge in [0.15, 0.2) is 0 Å². The summed E-state index contributed by atoms with van der Waals surface area (Å²) in [5.41, 5.74) is 0. The SMILES string of the molecule is [KH].[KH].[KH].[KH].[KH].[KH].[KH].[KH].[KH].[KH].[KH].[KH].[KH].[KH].[KH]. The van der Waals surface area contributed by atoms with Gasteiger partial charge in [-0.25, -0.2) is 0 Å². The second-order valence-electron chi connectivity index (χ2n) is 0. The zero-order valence-corrected chi connectivity index (χ0v) is 0. The summed E-state index contributed by atoms with van der Waals surface area (Å²) in [5, 5.41) is 0. The number of hydrogen-bond donors (Lipinski definition) is 0. The minimum absolute atomic E-state index is 0. The summed E-state index contributed by atoms with van der Waals surface area (Å²) < 4.78 is 0. The van der Waals surface area contributed by atoms with Crippen molar-refractivity contribution in [2.45, 2.75) is 0 Å². The van der Waals surface area contributed by atoms with Crippen LogP contribution in [0.1, 0.15) is 0 Å². The van der Waals surface area contributed by atoms with Crippen molar-refractivity contribution in [1.82, 2.24) is 0 Å². The summed E-state index contributed by atoms with van der Waals surface area (Å²) in [6, 6.07) is 0. The van der Waals surface area contributed by atoms with Crippen LogP contribution in [0.25, 0.3) is 0 Å². The van der Waals surface area contributed by atoms with Crippen molar-refractivity contribution < 1.29 is 0 Å². The Morgan fingerprint density at radius 1 is 0.0667 bits per heavy atom. The van der Waals surface area contributed by atoms with E-state index in [2.05, 4.69) is 0 Å². The van der Waals surface area contributed by atoms with Crippen molar-refractivity contribution in [2.24, 2.45) is 0 Å².